The van der Waals surface area contributed by atoms with Crippen molar-refractivity contribution >= 4 is 28.8 Å². The molecule has 4 fully saturated rings. The predicted molar refractivity (Wildman–Crippen MR) is 148 cm³/mol. The second-order valence-electron chi connectivity index (χ2n) is 11.0. The molecule has 10 nitrogen and oxygen atoms in total. The van der Waals surface area contributed by atoms with Crippen molar-refractivity contribution in [2.45, 2.75) is 56.7 Å². The average Bonchev–Trinajstić information content (AvgIpc) is 3.36. The monoisotopic (exact) mass is 554 g/mol. The highest BCUT2D eigenvalue weighted by molar-refractivity contribution is 6.33. The minimum atomic E-state index is -0.265. The Morgan fingerprint density at radius 2 is 2.02 bits per heavy atom. The molecule has 8 rings (SSSR count). The molecule has 6 heterocycles. The van der Waals surface area contributed by atoms with E-state index < -0.39 is 0 Å². The van der Waals surface area contributed by atoms with Gasteiger partial charge in [-0.1, -0.05) is 11.6 Å². The summed E-state index contributed by atoms with van der Waals surface area (Å²) in [5, 5.41) is 17.7. The maximum Gasteiger partial charge on any atom is 0.271 e. The van der Waals surface area contributed by atoms with E-state index in [4.69, 9.17) is 26.3 Å². The van der Waals surface area contributed by atoms with Gasteiger partial charge < -0.3 is 15.0 Å². The maximum atomic E-state index is 13.1. The number of pyridine rings is 2. The van der Waals surface area contributed by atoms with Crippen LogP contribution in [-0.2, 0) is 0 Å². The van der Waals surface area contributed by atoms with Crippen LogP contribution in [0.15, 0.2) is 49.2 Å². The van der Waals surface area contributed by atoms with Crippen molar-refractivity contribution in [1.29, 1.82) is 5.26 Å². The van der Waals surface area contributed by atoms with Crippen LogP contribution in [0.2, 0.25) is 5.02 Å². The Bertz CT molecular complexity index is 1650. The van der Waals surface area contributed by atoms with Gasteiger partial charge in [-0.15, -0.1) is 0 Å². The lowest BCUT2D eigenvalue weighted by atomic mass is 9.59. The summed E-state index contributed by atoms with van der Waals surface area (Å²) < 4.78 is 7.39. The largest absolute Gasteiger partial charge is 0.492 e. The number of fused-ring (bicyclic) bond motifs is 1. The van der Waals surface area contributed by atoms with Crippen LogP contribution in [0.5, 0.6) is 5.75 Å². The van der Waals surface area contributed by atoms with E-state index in [9.17, 15) is 10.1 Å². The van der Waals surface area contributed by atoms with Gasteiger partial charge in [0.15, 0.2) is 0 Å². The van der Waals surface area contributed by atoms with Gasteiger partial charge in [-0.3, -0.25) is 9.78 Å². The molecular weight excluding hydrogens is 528 g/mol. The zero-order valence-corrected chi connectivity index (χ0v) is 22.7. The normalized spacial score (nSPS) is 24.7. The summed E-state index contributed by atoms with van der Waals surface area (Å²) in [5.41, 5.74) is 2.54. The van der Waals surface area contributed by atoms with Crippen molar-refractivity contribution in [3.8, 4) is 23.1 Å². The molecule has 2 aliphatic heterocycles. The number of rotatable bonds is 6. The number of aromatic nitrogens is 5. The maximum absolute atomic E-state index is 13.1. The molecule has 2 saturated heterocycles. The smallest absolute Gasteiger partial charge is 0.271 e. The fourth-order valence-electron chi connectivity index (χ4n) is 7.22. The topological polar surface area (TPSA) is 121 Å². The standard InChI is InChI=1S/C29H27ClN8O2/c1-2-40-21-8-22(27-18(12-31)13-35-37(27)16-21)24-14-34-25(15-33-24)38-19-6-17-7-20(38)11-29(9-17,10-19)36-28(39)26-23(30)4-3-5-32-26/h3-5,8,13-17,19-20H,2,6-7,9-11H2,1H3,(H,36,39)/t17?,19-,20+,29?. The minimum Gasteiger partial charge on any atom is -0.492 e. The zero-order valence-electron chi connectivity index (χ0n) is 21.9. The van der Waals surface area contributed by atoms with Crippen LogP contribution in [0.3, 0.4) is 0 Å². The molecule has 202 valence electrons. The number of nitrogens with zero attached hydrogens (tertiary/aromatic N) is 7. The zero-order chi connectivity index (χ0) is 27.4. The molecule has 4 aliphatic rings. The van der Waals surface area contributed by atoms with Crippen molar-refractivity contribution < 1.29 is 9.53 Å². The third-order valence-electron chi connectivity index (χ3n) is 8.48. The molecule has 4 aromatic heterocycles. The Labute approximate surface area is 236 Å². The molecule has 4 aromatic rings. The highest BCUT2D eigenvalue weighted by atomic mass is 35.5. The summed E-state index contributed by atoms with van der Waals surface area (Å²) in [4.78, 5) is 29.4. The number of nitrogens with one attached hydrogen (secondary N) is 1. The van der Waals surface area contributed by atoms with E-state index in [1.807, 2.05) is 19.2 Å². The predicted octanol–water partition coefficient (Wildman–Crippen LogP) is 4.43. The molecule has 1 N–H and O–H groups in total. The number of hydrogen-bond acceptors (Lipinski definition) is 8. The molecule has 0 spiro atoms. The van der Waals surface area contributed by atoms with E-state index >= 15 is 0 Å². The molecule has 0 radical (unpaired) electrons. The van der Waals surface area contributed by atoms with Crippen LogP contribution < -0.4 is 15.0 Å². The molecule has 4 bridgehead atoms. The average molecular weight is 555 g/mol. The first-order chi connectivity index (χ1) is 19.5. The number of amides is 1. The molecule has 2 aliphatic carbocycles. The first kappa shape index (κ1) is 24.8. The van der Waals surface area contributed by atoms with Gasteiger partial charge in [0.05, 0.1) is 53.2 Å². The number of carbonyl (C=O) groups excluding carboxylic acids is 1. The lowest BCUT2D eigenvalue weighted by molar-refractivity contribution is 0.0356. The lowest BCUT2D eigenvalue weighted by Gasteiger charge is -2.61. The van der Waals surface area contributed by atoms with Gasteiger partial charge in [0.25, 0.3) is 5.91 Å². The Kier molecular flexibility index (Phi) is 5.86. The number of halogens is 1. The molecule has 2 unspecified atom stereocenters. The fraction of sp³-hybridized carbons (Fsp3) is 0.379. The van der Waals surface area contributed by atoms with Gasteiger partial charge in [0.1, 0.15) is 23.3 Å². The SMILES string of the molecule is CCOc1cc(-c2cnc(N3[C@@H]4CC5C[C@H]3CC(NC(=O)c3ncccc3Cl)(C5)C4)cn2)c2c(C#N)cnn2c1. The molecular formula is C29H27ClN8O2. The highest BCUT2D eigenvalue weighted by Crippen LogP contribution is 2.52. The van der Waals surface area contributed by atoms with E-state index in [1.54, 1.807) is 41.4 Å². The number of ether oxygens (including phenoxy) is 1. The fourth-order valence-corrected chi connectivity index (χ4v) is 7.43. The van der Waals surface area contributed by atoms with Gasteiger partial charge in [-0.25, -0.2) is 14.5 Å². The third kappa shape index (κ3) is 4.04. The van der Waals surface area contributed by atoms with Crippen LogP contribution in [0.25, 0.3) is 16.8 Å². The Morgan fingerprint density at radius 1 is 1.20 bits per heavy atom. The van der Waals surface area contributed by atoms with E-state index in [1.165, 1.54) is 0 Å². The van der Waals surface area contributed by atoms with Crippen molar-refractivity contribution in [3.63, 3.8) is 0 Å². The number of hydrogen-bond donors (Lipinski definition) is 1. The van der Waals surface area contributed by atoms with Gasteiger partial charge in [-0.05, 0) is 63.1 Å². The molecule has 0 aromatic carbocycles. The van der Waals surface area contributed by atoms with Crippen LogP contribution in [0.1, 0.15) is 55.1 Å². The summed E-state index contributed by atoms with van der Waals surface area (Å²) in [6.07, 6.45) is 13.3. The first-order valence-electron chi connectivity index (χ1n) is 13.5. The molecule has 11 heteroatoms. The summed E-state index contributed by atoms with van der Waals surface area (Å²) in [7, 11) is 0. The summed E-state index contributed by atoms with van der Waals surface area (Å²) >= 11 is 6.26. The first-order valence-corrected chi connectivity index (χ1v) is 13.9. The van der Waals surface area contributed by atoms with E-state index in [-0.39, 0.29) is 29.2 Å². The van der Waals surface area contributed by atoms with Gasteiger partial charge in [0.2, 0.25) is 0 Å². The lowest BCUT2D eigenvalue weighted by Crippen LogP contribution is -2.69. The van der Waals surface area contributed by atoms with Crippen LogP contribution in [0.4, 0.5) is 5.82 Å². The Balaban J connectivity index is 1.16. The van der Waals surface area contributed by atoms with Crippen molar-refractivity contribution in [3.05, 3.63) is 65.5 Å². The third-order valence-corrected chi connectivity index (χ3v) is 8.78. The van der Waals surface area contributed by atoms with Crippen LogP contribution in [0, 0.1) is 17.2 Å². The molecule has 2 saturated carbocycles. The molecule has 40 heavy (non-hydrogen) atoms. The highest BCUT2D eigenvalue weighted by Gasteiger charge is 2.55. The van der Waals surface area contributed by atoms with Crippen molar-refractivity contribution in [1.82, 2.24) is 29.9 Å². The minimum absolute atomic E-state index is 0.208. The summed E-state index contributed by atoms with van der Waals surface area (Å²) in [6, 6.07) is 8.05. The van der Waals surface area contributed by atoms with Crippen LogP contribution in [-0.4, -0.2) is 54.7 Å². The van der Waals surface area contributed by atoms with Crippen molar-refractivity contribution in [2.24, 2.45) is 5.92 Å². The molecule has 1 amide bonds. The van der Waals surface area contributed by atoms with Crippen LogP contribution >= 0.6 is 11.6 Å². The van der Waals surface area contributed by atoms with Gasteiger partial charge in [-0.2, -0.15) is 10.4 Å². The number of nitriles is 1. The van der Waals surface area contributed by atoms with E-state index in [0.29, 0.717) is 40.1 Å². The Morgan fingerprint density at radius 3 is 2.73 bits per heavy atom. The van der Waals surface area contributed by atoms with Crippen molar-refractivity contribution in [2.75, 3.05) is 11.5 Å². The van der Waals surface area contributed by atoms with Gasteiger partial charge in [0, 0.05) is 29.4 Å². The second kappa shape index (κ2) is 9.45. The quantitative estimate of drug-likeness (QED) is 0.371. The number of anilines is 1. The summed E-state index contributed by atoms with van der Waals surface area (Å²) in [5.74, 6) is 1.83. The second-order valence-corrected chi connectivity index (χ2v) is 11.4. The van der Waals surface area contributed by atoms with Gasteiger partial charge >= 0.3 is 0 Å². The van der Waals surface area contributed by atoms with E-state index in [2.05, 4.69) is 26.4 Å². The molecule has 4 atom stereocenters. The van der Waals surface area contributed by atoms with E-state index in [0.717, 1.165) is 43.5 Å². The Hall–Kier alpha value is -4.23. The summed E-state index contributed by atoms with van der Waals surface area (Å²) in [6.45, 7) is 2.43. The number of carbonyl (C=O) groups is 1. The number of piperidine rings is 2.